The summed E-state index contributed by atoms with van der Waals surface area (Å²) in [6, 6.07) is 12.1. The number of piperidine rings is 1. The van der Waals surface area contributed by atoms with Gasteiger partial charge in [0.15, 0.2) is 0 Å². The van der Waals surface area contributed by atoms with Crippen LogP contribution in [0.2, 0.25) is 0 Å². The lowest BCUT2D eigenvalue weighted by Gasteiger charge is -2.34. The van der Waals surface area contributed by atoms with Crippen LogP contribution in [-0.4, -0.2) is 62.8 Å². The van der Waals surface area contributed by atoms with Crippen LogP contribution in [0.3, 0.4) is 0 Å². The number of ether oxygens (including phenoxy) is 3. The van der Waals surface area contributed by atoms with E-state index in [1.165, 1.54) is 19.1 Å². The zero-order chi connectivity index (χ0) is 23.5. The molecule has 1 atom stereocenters. The van der Waals surface area contributed by atoms with E-state index in [0.717, 1.165) is 12.8 Å². The largest absolute Gasteiger partial charge is 0.497 e. The Morgan fingerprint density at radius 1 is 0.909 bits per heavy atom. The standard InChI is InChI=1S/C25H28N2O6/c1-31-19-8-6-17(7-9-19)22-23(26-10-4-5-16(14-26)15-28)25(30)27(24(22)29)18-11-20(32-2)13-21(12-18)33-3/h6-9,11-13,16,28H,4-5,10,14-15H2,1-3H3. The molecule has 1 saturated heterocycles. The molecule has 8 nitrogen and oxygen atoms in total. The maximum atomic E-state index is 13.8. The summed E-state index contributed by atoms with van der Waals surface area (Å²) < 4.78 is 15.9. The molecule has 0 radical (unpaired) electrons. The number of carbonyl (C=O) groups excluding carboxylic acids is 2. The van der Waals surface area contributed by atoms with Gasteiger partial charge in [-0.3, -0.25) is 9.59 Å². The minimum absolute atomic E-state index is 0.0422. The van der Waals surface area contributed by atoms with E-state index >= 15 is 0 Å². The molecule has 2 heterocycles. The van der Waals surface area contributed by atoms with Crippen molar-refractivity contribution in [1.29, 1.82) is 0 Å². The minimum Gasteiger partial charge on any atom is -0.497 e. The van der Waals surface area contributed by atoms with Crippen molar-refractivity contribution < 1.29 is 28.9 Å². The fraction of sp³-hybridized carbons (Fsp3) is 0.360. The van der Waals surface area contributed by atoms with Gasteiger partial charge in [-0.05, 0) is 36.5 Å². The number of benzene rings is 2. The fourth-order valence-corrected chi connectivity index (χ4v) is 4.40. The summed E-state index contributed by atoms with van der Waals surface area (Å²) in [6.07, 6.45) is 1.72. The van der Waals surface area contributed by atoms with Crippen LogP contribution >= 0.6 is 0 Å². The van der Waals surface area contributed by atoms with Crippen molar-refractivity contribution in [3.63, 3.8) is 0 Å². The number of amides is 2. The maximum Gasteiger partial charge on any atom is 0.282 e. The maximum absolute atomic E-state index is 13.8. The van der Waals surface area contributed by atoms with Crippen molar-refractivity contribution in [1.82, 2.24) is 4.90 Å². The second-order valence-electron chi connectivity index (χ2n) is 8.11. The Balaban J connectivity index is 1.82. The molecule has 0 saturated carbocycles. The second kappa shape index (κ2) is 9.54. The van der Waals surface area contributed by atoms with Crippen molar-refractivity contribution in [2.45, 2.75) is 12.8 Å². The Kier molecular flexibility index (Phi) is 6.55. The lowest BCUT2D eigenvalue weighted by Crippen LogP contribution is -2.40. The van der Waals surface area contributed by atoms with Gasteiger partial charge in [-0.15, -0.1) is 0 Å². The molecule has 2 aromatic carbocycles. The Morgan fingerprint density at radius 3 is 2.12 bits per heavy atom. The number of aliphatic hydroxyl groups excluding tert-OH is 1. The summed E-state index contributed by atoms with van der Waals surface area (Å²) in [6.45, 7) is 1.19. The van der Waals surface area contributed by atoms with Gasteiger partial charge >= 0.3 is 0 Å². The molecule has 33 heavy (non-hydrogen) atoms. The van der Waals surface area contributed by atoms with Crippen LogP contribution in [0.15, 0.2) is 48.2 Å². The van der Waals surface area contributed by atoms with Gasteiger partial charge in [0.2, 0.25) is 0 Å². The summed E-state index contributed by atoms with van der Waals surface area (Å²) in [5, 5.41) is 9.71. The molecule has 2 aliphatic heterocycles. The number of anilines is 1. The predicted molar refractivity (Wildman–Crippen MR) is 123 cm³/mol. The van der Waals surface area contributed by atoms with Crippen LogP contribution in [-0.2, 0) is 9.59 Å². The van der Waals surface area contributed by atoms with Gasteiger partial charge in [0.05, 0.1) is 32.6 Å². The van der Waals surface area contributed by atoms with Crippen molar-refractivity contribution in [2.24, 2.45) is 5.92 Å². The first-order valence-electron chi connectivity index (χ1n) is 10.9. The van der Waals surface area contributed by atoms with Crippen LogP contribution in [0, 0.1) is 5.92 Å². The van der Waals surface area contributed by atoms with Gasteiger partial charge in [-0.25, -0.2) is 4.90 Å². The molecular formula is C25H28N2O6. The molecule has 0 spiro atoms. The van der Waals surface area contributed by atoms with Crippen LogP contribution in [0.5, 0.6) is 17.2 Å². The third kappa shape index (κ3) is 4.26. The van der Waals surface area contributed by atoms with Gasteiger partial charge in [-0.2, -0.15) is 0 Å². The molecule has 2 amide bonds. The Labute approximate surface area is 193 Å². The molecule has 0 bridgehead atoms. The first-order valence-corrected chi connectivity index (χ1v) is 10.9. The highest BCUT2D eigenvalue weighted by molar-refractivity contribution is 6.45. The van der Waals surface area contributed by atoms with E-state index in [2.05, 4.69) is 0 Å². The molecule has 4 rings (SSSR count). The average Bonchev–Trinajstić information content (AvgIpc) is 3.13. The van der Waals surface area contributed by atoms with Gasteiger partial charge in [0.1, 0.15) is 22.9 Å². The highest BCUT2D eigenvalue weighted by Gasteiger charge is 2.43. The van der Waals surface area contributed by atoms with E-state index in [9.17, 15) is 14.7 Å². The molecule has 2 aromatic rings. The number of imide groups is 1. The molecule has 0 aliphatic carbocycles. The number of methoxy groups -OCH3 is 3. The van der Waals surface area contributed by atoms with E-state index in [0.29, 0.717) is 52.9 Å². The van der Waals surface area contributed by atoms with Gasteiger partial charge in [-0.1, -0.05) is 12.1 Å². The molecule has 174 valence electrons. The predicted octanol–water partition coefficient (Wildman–Crippen LogP) is 2.70. The molecule has 1 unspecified atom stereocenters. The Bertz CT molecular complexity index is 1060. The van der Waals surface area contributed by atoms with Crippen LogP contribution in [0.1, 0.15) is 18.4 Å². The number of hydrogen-bond acceptors (Lipinski definition) is 7. The van der Waals surface area contributed by atoms with Crippen molar-refractivity contribution in [3.05, 3.63) is 53.7 Å². The lowest BCUT2D eigenvalue weighted by molar-refractivity contribution is -0.120. The highest BCUT2D eigenvalue weighted by Crippen LogP contribution is 2.39. The van der Waals surface area contributed by atoms with Gasteiger partial charge in [0.25, 0.3) is 11.8 Å². The zero-order valence-electron chi connectivity index (χ0n) is 19.0. The normalized spacial score (nSPS) is 18.7. The Morgan fingerprint density at radius 2 is 1.55 bits per heavy atom. The topological polar surface area (TPSA) is 88.5 Å². The summed E-state index contributed by atoms with van der Waals surface area (Å²) in [5.74, 6) is 0.842. The highest BCUT2D eigenvalue weighted by atomic mass is 16.5. The molecular weight excluding hydrogens is 424 g/mol. The SMILES string of the molecule is COc1ccc(C2=C(N3CCCC(CO)C3)C(=O)N(c3cc(OC)cc(OC)c3)C2=O)cc1. The molecule has 2 aliphatic rings. The first-order chi connectivity index (χ1) is 16.0. The molecule has 0 aromatic heterocycles. The van der Waals surface area contributed by atoms with E-state index in [1.54, 1.807) is 49.6 Å². The van der Waals surface area contributed by atoms with E-state index in [1.807, 2.05) is 4.90 Å². The van der Waals surface area contributed by atoms with Crippen molar-refractivity contribution in [2.75, 3.05) is 45.9 Å². The van der Waals surface area contributed by atoms with E-state index in [4.69, 9.17) is 14.2 Å². The Hall–Kier alpha value is -3.52. The summed E-state index contributed by atoms with van der Waals surface area (Å²) in [7, 11) is 4.60. The van der Waals surface area contributed by atoms with Crippen LogP contribution < -0.4 is 19.1 Å². The van der Waals surface area contributed by atoms with Gasteiger partial charge < -0.3 is 24.2 Å². The number of hydrogen-bond donors (Lipinski definition) is 1. The quantitative estimate of drug-likeness (QED) is 0.646. The summed E-state index contributed by atoms with van der Waals surface area (Å²) in [5.41, 5.74) is 1.69. The van der Waals surface area contributed by atoms with Gasteiger partial charge in [0, 0.05) is 37.9 Å². The number of likely N-dealkylation sites (tertiary alicyclic amines) is 1. The summed E-state index contributed by atoms with van der Waals surface area (Å²) >= 11 is 0. The third-order valence-electron chi connectivity index (χ3n) is 6.13. The number of nitrogens with zero attached hydrogens (tertiary/aromatic N) is 2. The zero-order valence-corrected chi connectivity index (χ0v) is 19.0. The minimum atomic E-state index is -0.415. The first kappa shape index (κ1) is 22.7. The van der Waals surface area contributed by atoms with Crippen LogP contribution in [0.25, 0.3) is 5.57 Å². The number of aliphatic hydroxyl groups is 1. The molecule has 8 heteroatoms. The van der Waals surface area contributed by atoms with Crippen molar-refractivity contribution in [3.8, 4) is 17.2 Å². The third-order valence-corrected chi connectivity index (χ3v) is 6.13. The summed E-state index contributed by atoms with van der Waals surface area (Å²) in [4.78, 5) is 30.6. The van der Waals surface area contributed by atoms with E-state index in [-0.39, 0.29) is 12.5 Å². The smallest absolute Gasteiger partial charge is 0.282 e. The fourth-order valence-electron chi connectivity index (χ4n) is 4.40. The second-order valence-corrected chi connectivity index (χ2v) is 8.11. The monoisotopic (exact) mass is 452 g/mol. The van der Waals surface area contributed by atoms with Crippen LogP contribution in [0.4, 0.5) is 5.69 Å². The molecule has 1 fully saturated rings. The molecule has 1 N–H and O–H groups in total. The number of carbonyl (C=O) groups is 2. The number of rotatable bonds is 7. The van der Waals surface area contributed by atoms with Crippen molar-refractivity contribution >= 4 is 23.1 Å². The average molecular weight is 453 g/mol. The lowest BCUT2D eigenvalue weighted by atomic mass is 9.97. The van der Waals surface area contributed by atoms with E-state index < -0.39 is 11.8 Å².